The van der Waals surface area contributed by atoms with Crippen LogP contribution in [0.25, 0.3) is 0 Å². The number of hydrogen-bond donors (Lipinski definition) is 0. The molecule has 0 saturated carbocycles. The van der Waals surface area contributed by atoms with Crippen LogP contribution in [0.1, 0.15) is 87.5 Å². The highest BCUT2D eigenvalue weighted by atomic mass is 16.1. The smallest absolute Gasteiger partial charge is 0.165 e. The lowest BCUT2D eigenvalue weighted by atomic mass is 9.85. The number of carbonyl (C=O) groups excluding carboxylic acids is 1. The molecule has 0 aliphatic heterocycles. The van der Waals surface area contributed by atoms with Gasteiger partial charge in [0.1, 0.15) is 0 Å². The monoisotopic (exact) mass is 294 g/mol. The van der Waals surface area contributed by atoms with E-state index in [0.717, 1.165) is 24.8 Å². The summed E-state index contributed by atoms with van der Waals surface area (Å²) >= 11 is 0. The minimum Gasteiger partial charge on any atom is -0.294 e. The molecule has 1 rings (SSSR count). The molecule has 21 heavy (non-hydrogen) atoms. The van der Waals surface area contributed by atoms with Crippen molar-refractivity contribution >= 4 is 5.78 Å². The van der Waals surface area contributed by atoms with E-state index >= 15 is 0 Å². The SMILES string of the molecule is CC.CC.CCCC(C)CC(C)C(=O)C1=CCCC=C1C. The lowest BCUT2D eigenvalue weighted by molar-refractivity contribution is -0.119. The van der Waals surface area contributed by atoms with Gasteiger partial charge in [0.05, 0.1) is 0 Å². The third kappa shape index (κ3) is 8.90. The molecule has 0 saturated heterocycles. The van der Waals surface area contributed by atoms with Crippen molar-refractivity contribution in [3.63, 3.8) is 0 Å². The quantitative estimate of drug-likeness (QED) is 0.530. The molecule has 1 aliphatic rings. The Hall–Kier alpha value is -0.850. The number of Topliss-reactive ketones (excluding diaryl/α,β-unsaturated/α-hetero) is 1. The van der Waals surface area contributed by atoms with Crippen LogP contribution in [0.15, 0.2) is 23.3 Å². The van der Waals surface area contributed by atoms with Crippen molar-refractivity contribution in [2.45, 2.75) is 87.5 Å². The van der Waals surface area contributed by atoms with Gasteiger partial charge in [0.15, 0.2) is 5.78 Å². The summed E-state index contributed by atoms with van der Waals surface area (Å²) in [6.45, 7) is 16.6. The highest BCUT2D eigenvalue weighted by molar-refractivity contribution is 6.00. The van der Waals surface area contributed by atoms with Crippen molar-refractivity contribution in [1.82, 2.24) is 0 Å². The van der Waals surface area contributed by atoms with Gasteiger partial charge in [-0.2, -0.15) is 0 Å². The molecule has 0 aromatic rings. The van der Waals surface area contributed by atoms with E-state index in [4.69, 9.17) is 0 Å². The zero-order valence-corrected chi connectivity index (χ0v) is 15.8. The Morgan fingerprint density at radius 1 is 1.10 bits per heavy atom. The first kappa shape index (κ1) is 22.4. The van der Waals surface area contributed by atoms with Crippen LogP contribution in [0, 0.1) is 11.8 Å². The molecule has 0 N–H and O–H groups in total. The summed E-state index contributed by atoms with van der Waals surface area (Å²) < 4.78 is 0. The third-order valence-corrected chi connectivity index (χ3v) is 3.64. The second-order valence-electron chi connectivity index (χ2n) is 5.48. The molecule has 0 heterocycles. The Morgan fingerprint density at radius 3 is 2.10 bits per heavy atom. The highest BCUT2D eigenvalue weighted by Crippen LogP contribution is 2.25. The molecule has 0 aromatic heterocycles. The first-order valence-electron chi connectivity index (χ1n) is 8.97. The molecule has 1 nitrogen and oxygen atoms in total. The minimum absolute atomic E-state index is 0.171. The molecule has 0 bridgehead atoms. The second kappa shape index (κ2) is 14.1. The van der Waals surface area contributed by atoms with Crippen molar-refractivity contribution in [2.24, 2.45) is 11.8 Å². The molecule has 1 heteroatoms. The molecule has 2 atom stereocenters. The van der Waals surface area contributed by atoms with Crippen LogP contribution in [-0.4, -0.2) is 5.78 Å². The Balaban J connectivity index is 0. The van der Waals surface area contributed by atoms with Gasteiger partial charge in [-0.3, -0.25) is 4.79 Å². The number of hydrogen-bond acceptors (Lipinski definition) is 1. The predicted octanol–water partition coefficient (Wildman–Crippen LogP) is 6.74. The fraction of sp³-hybridized carbons (Fsp3) is 0.750. The third-order valence-electron chi connectivity index (χ3n) is 3.64. The highest BCUT2D eigenvalue weighted by Gasteiger charge is 2.21. The minimum atomic E-state index is 0.171. The van der Waals surface area contributed by atoms with Crippen molar-refractivity contribution in [2.75, 3.05) is 0 Å². The van der Waals surface area contributed by atoms with Gasteiger partial charge in [-0.1, -0.05) is 73.5 Å². The lowest BCUT2D eigenvalue weighted by Gasteiger charge is -2.19. The van der Waals surface area contributed by atoms with Gasteiger partial charge in [-0.15, -0.1) is 0 Å². The van der Waals surface area contributed by atoms with E-state index in [1.165, 1.54) is 18.4 Å². The maximum Gasteiger partial charge on any atom is 0.165 e. The van der Waals surface area contributed by atoms with Gasteiger partial charge in [0.2, 0.25) is 0 Å². The average Bonchev–Trinajstić information content (AvgIpc) is 2.51. The molecule has 1 aliphatic carbocycles. The Labute approximate surface area is 133 Å². The number of allylic oxidation sites excluding steroid dienone is 4. The Kier molecular flexibility index (Phi) is 15.1. The van der Waals surface area contributed by atoms with Gasteiger partial charge in [-0.25, -0.2) is 0 Å². The summed E-state index contributed by atoms with van der Waals surface area (Å²) in [6.07, 6.45) is 9.89. The molecular formula is C20H38O. The topological polar surface area (TPSA) is 17.1 Å². The summed E-state index contributed by atoms with van der Waals surface area (Å²) in [4.78, 5) is 12.3. The van der Waals surface area contributed by atoms with E-state index in [-0.39, 0.29) is 5.92 Å². The lowest BCUT2D eigenvalue weighted by Crippen LogP contribution is -2.18. The van der Waals surface area contributed by atoms with E-state index < -0.39 is 0 Å². The van der Waals surface area contributed by atoms with Crippen molar-refractivity contribution < 1.29 is 4.79 Å². The zero-order chi connectivity index (χ0) is 16.8. The summed E-state index contributed by atoms with van der Waals surface area (Å²) in [6, 6.07) is 0. The molecular weight excluding hydrogens is 256 g/mol. The predicted molar refractivity (Wildman–Crippen MR) is 96.6 cm³/mol. The summed E-state index contributed by atoms with van der Waals surface area (Å²) in [5.74, 6) is 1.18. The van der Waals surface area contributed by atoms with E-state index in [0.29, 0.717) is 11.7 Å². The van der Waals surface area contributed by atoms with E-state index in [9.17, 15) is 4.79 Å². The van der Waals surface area contributed by atoms with Crippen LogP contribution >= 0.6 is 0 Å². The van der Waals surface area contributed by atoms with Crippen LogP contribution in [0.2, 0.25) is 0 Å². The average molecular weight is 295 g/mol. The van der Waals surface area contributed by atoms with Crippen molar-refractivity contribution in [3.05, 3.63) is 23.3 Å². The normalized spacial score (nSPS) is 16.2. The van der Waals surface area contributed by atoms with Crippen LogP contribution < -0.4 is 0 Å². The van der Waals surface area contributed by atoms with Crippen molar-refractivity contribution in [1.29, 1.82) is 0 Å². The van der Waals surface area contributed by atoms with Crippen molar-refractivity contribution in [3.8, 4) is 0 Å². The fourth-order valence-electron chi connectivity index (χ4n) is 2.68. The molecule has 2 unspecified atom stereocenters. The molecule has 0 aromatic carbocycles. The standard InChI is InChI=1S/C16H26O.2C2H6/c1-5-8-12(2)11-14(4)16(17)15-10-7-6-9-13(15)3;2*1-2/h9-10,12,14H,5-8,11H2,1-4H3;2*1-2H3. The first-order chi connectivity index (χ1) is 10.1. The van der Waals surface area contributed by atoms with Gasteiger partial charge in [0, 0.05) is 11.5 Å². The van der Waals surface area contributed by atoms with Crippen LogP contribution in [0.3, 0.4) is 0 Å². The molecule has 0 amide bonds. The van der Waals surface area contributed by atoms with Gasteiger partial charge in [-0.05, 0) is 37.7 Å². The van der Waals surface area contributed by atoms with Gasteiger partial charge >= 0.3 is 0 Å². The fourth-order valence-corrected chi connectivity index (χ4v) is 2.68. The summed E-state index contributed by atoms with van der Waals surface area (Å²) in [5.41, 5.74) is 2.16. The number of rotatable bonds is 6. The summed E-state index contributed by atoms with van der Waals surface area (Å²) in [5, 5.41) is 0. The molecule has 0 radical (unpaired) electrons. The Bertz CT molecular complexity index is 323. The van der Waals surface area contributed by atoms with Crippen LogP contribution in [0.4, 0.5) is 0 Å². The van der Waals surface area contributed by atoms with Gasteiger partial charge < -0.3 is 0 Å². The molecule has 0 fully saturated rings. The van der Waals surface area contributed by atoms with E-state index in [1.807, 2.05) is 27.7 Å². The molecule has 0 spiro atoms. The van der Waals surface area contributed by atoms with E-state index in [1.54, 1.807) is 0 Å². The van der Waals surface area contributed by atoms with Crippen LogP contribution in [0.5, 0.6) is 0 Å². The largest absolute Gasteiger partial charge is 0.294 e. The maximum absolute atomic E-state index is 12.3. The Morgan fingerprint density at radius 2 is 1.62 bits per heavy atom. The number of carbonyl (C=O) groups is 1. The first-order valence-corrected chi connectivity index (χ1v) is 8.97. The zero-order valence-electron chi connectivity index (χ0n) is 15.8. The van der Waals surface area contributed by atoms with Gasteiger partial charge in [0.25, 0.3) is 0 Å². The van der Waals surface area contributed by atoms with Crippen LogP contribution in [-0.2, 0) is 4.79 Å². The number of ketones is 1. The molecule has 124 valence electrons. The second-order valence-corrected chi connectivity index (χ2v) is 5.48. The van der Waals surface area contributed by atoms with E-state index in [2.05, 4.69) is 39.8 Å². The maximum atomic E-state index is 12.3. The summed E-state index contributed by atoms with van der Waals surface area (Å²) in [7, 11) is 0.